The van der Waals surface area contributed by atoms with Gasteiger partial charge in [0, 0.05) is 33.7 Å². The molecule has 0 amide bonds. The Balaban J connectivity index is 1.25. The van der Waals surface area contributed by atoms with Gasteiger partial charge >= 0.3 is 0 Å². The van der Waals surface area contributed by atoms with Crippen LogP contribution < -0.4 is 9.47 Å². The van der Waals surface area contributed by atoms with E-state index in [-0.39, 0.29) is 0 Å². The van der Waals surface area contributed by atoms with Crippen molar-refractivity contribution in [3.8, 4) is 22.8 Å². The highest BCUT2D eigenvalue weighted by Crippen LogP contribution is 2.42. The molecule has 31 heavy (non-hydrogen) atoms. The Morgan fingerprint density at radius 1 is 1.06 bits per heavy atom. The molecule has 0 radical (unpaired) electrons. The SMILES string of the molecule is COc1ccc2c(c1)Cc1sc(N=Cc3ccc(OCc4ccccc4Cl)cc3)nc1-2. The molecule has 1 heterocycles. The first-order valence-corrected chi connectivity index (χ1v) is 11.1. The Bertz CT molecular complexity index is 1270. The zero-order chi connectivity index (χ0) is 21.2. The van der Waals surface area contributed by atoms with E-state index in [1.165, 1.54) is 16.0 Å². The maximum Gasteiger partial charge on any atom is 0.209 e. The van der Waals surface area contributed by atoms with E-state index in [0.29, 0.717) is 11.6 Å². The Morgan fingerprint density at radius 2 is 1.87 bits per heavy atom. The third-order valence-electron chi connectivity index (χ3n) is 5.16. The van der Waals surface area contributed by atoms with Crippen molar-refractivity contribution < 1.29 is 9.47 Å². The van der Waals surface area contributed by atoms with Crippen molar-refractivity contribution in [2.45, 2.75) is 13.0 Å². The summed E-state index contributed by atoms with van der Waals surface area (Å²) in [7, 11) is 1.69. The molecular formula is C25H19ClN2O2S. The third kappa shape index (κ3) is 4.20. The number of aliphatic imine (C=N–C) groups is 1. The Hall–Kier alpha value is -3.15. The molecule has 3 aromatic carbocycles. The fourth-order valence-corrected chi connectivity index (χ4v) is 4.66. The topological polar surface area (TPSA) is 43.7 Å². The molecule has 1 aliphatic carbocycles. The quantitative estimate of drug-likeness (QED) is 0.272. The summed E-state index contributed by atoms with van der Waals surface area (Å²) in [6, 6.07) is 21.7. The van der Waals surface area contributed by atoms with E-state index in [4.69, 9.17) is 26.1 Å². The highest BCUT2D eigenvalue weighted by molar-refractivity contribution is 7.15. The van der Waals surface area contributed by atoms with Crippen molar-refractivity contribution in [3.63, 3.8) is 0 Å². The largest absolute Gasteiger partial charge is 0.497 e. The van der Waals surface area contributed by atoms with Crippen LogP contribution in [0.2, 0.25) is 5.02 Å². The van der Waals surface area contributed by atoms with Crippen molar-refractivity contribution in [2.75, 3.05) is 7.11 Å². The molecule has 0 saturated carbocycles. The second kappa shape index (κ2) is 8.53. The average molecular weight is 447 g/mol. The summed E-state index contributed by atoms with van der Waals surface area (Å²) in [5.74, 6) is 1.67. The molecule has 0 spiro atoms. The molecule has 6 heteroatoms. The molecule has 4 aromatic rings. The lowest BCUT2D eigenvalue weighted by atomic mass is 10.1. The predicted octanol–water partition coefficient (Wildman–Crippen LogP) is 6.71. The van der Waals surface area contributed by atoms with Crippen LogP contribution in [0.25, 0.3) is 11.3 Å². The Labute approximate surface area is 189 Å². The number of hydrogen-bond donors (Lipinski definition) is 0. The predicted molar refractivity (Wildman–Crippen MR) is 126 cm³/mol. The van der Waals surface area contributed by atoms with Gasteiger partial charge in [-0.3, -0.25) is 0 Å². The van der Waals surface area contributed by atoms with Gasteiger partial charge in [0.2, 0.25) is 5.13 Å². The first kappa shape index (κ1) is 19.8. The third-order valence-corrected chi connectivity index (χ3v) is 6.49. The van der Waals surface area contributed by atoms with Crippen molar-refractivity contribution in [2.24, 2.45) is 4.99 Å². The van der Waals surface area contributed by atoms with Gasteiger partial charge in [0.05, 0.1) is 12.8 Å². The smallest absolute Gasteiger partial charge is 0.209 e. The number of aromatic nitrogens is 1. The molecule has 0 N–H and O–H groups in total. The fourth-order valence-electron chi connectivity index (χ4n) is 3.53. The molecule has 1 aliphatic rings. The van der Waals surface area contributed by atoms with Crippen molar-refractivity contribution in [3.05, 3.63) is 93.3 Å². The number of benzene rings is 3. The number of rotatable bonds is 6. The fraction of sp³-hybridized carbons (Fsp3) is 0.120. The van der Waals surface area contributed by atoms with Gasteiger partial charge in [-0.05, 0) is 59.7 Å². The molecule has 5 rings (SSSR count). The lowest BCUT2D eigenvalue weighted by Gasteiger charge is -2.07. The molecule has 1 aromatic heterocycles. The van der Waals surface area contributed by atoms with Gasteiger partial charge in [-0.2, -0.15) is 0 Å². The van der Waals surface area contributed by atoms with E-state index in [9.17, 15) is 0 Å². The molecule has 0 aliphatic heterocycles. The Morgan fingerprint density at radius 3 is 2.68 bits per heavy atom. The second-order valence-electron chi connectivity index (χ2n) is 7.18. The summed E-state index contributed by atoms with van der Waals surface area (Å²) >= 11 is 7.81. The molecule has 154 valence electrons. The molecule has 0 bridgehead atoms. The van der Waals surface area contributed by atoms with Crippen LogP contribution in [0.1, 0.15) is 21.6 Å². The summed E-state index contributed by atoms with van der Waals surface area (Å²) in [4.78, 5) is 10.6. The van der Waals surface area contributed by atoms with Gasteiger partial charge in [0.15, 0.2) is 0 Å². The van der Waals surface area contributed by atoms with E-state index >= 15 is 0 Å². The lowest BCUT2D eigenvalue weighted by Crippen LogP contribution is -1.96. The molecule has 4 nitrogen and oxygen atoms in total. The van der Waals surface area contributed by atoms with E-state index in [1.54, 1.807) is 18.4 Å². The number of nitrogens with zero attached hydrogens (tertiary/aromatic N) is 2. The van der Waals surface area contributed by atoms with Crippen LogP contribution in [-0.2, 0) is 13.0 Å². The normalized spacial score (nSPS) is 12.1. The lowest BCUT2D eigenvalue weighted by molar-refractivity contribution is 0.306. The molecular weight excluding hydrogens is 428 g/mol. The number of methoxy groups -OCH3 is 1. The van der Waals surface area contributed by atoms with Crippen molar-refractivity contribution >= 4 is 34.3 Å². The maximum absolute atomic E-state index is 6.18. The first-order chi connectivity index (χ1) is 15.2. The zero-order valence-electron chi connectivity index (χ0n) is 16.8. The second-order valence-corrected chi connectivity index (χ2v) is 8.64. The highest BCUT2D eigenvalue weighted by Gasteiger charge is 2.23. The minimum atomic E-state index is 0.436. The summed E-state index contributed by atoms with van der Waals surface area (Å²) < 4.78 is 11.2. The number of halogens is 1. The van der Waals surface area contributed by atoms with Crippen molar-refractivity contribution in [1.82, 2.24) is 4.98 Å². The zero-order valence-corrected chi connectivity index (χ0v) is 18.4. The summed E-state index contributed by atoms with van der Waals surface area (Å²) in [5, 5.41) is 1.48. The minimum Gasteiger partial charge on any atom is -0.497 e. The molecule has 0 saturated heterocycles. The van der Waals surface area contributed by atoms with Crippen LogP contribution in [0.3, 0.4) is 0 Å². The standard InChI is InChI=1S/C25H19ClN2O2S/c1-29-20-10-11-21-18(12-20)13-23-24(21)28-25(31-23)27-14-16-6-8-19(9-7-16)30-15-17-4-2-3-5-22(17)26/h2-12,14H,13,15H2,1H3. The van der Waals surface area contributed by atoms with E-state index < -0.39 is 0 Å². The van der Waals surface area contributed by atoms with Crippen LogP contribution >= 0.6 is 22.9 Å². The summed E-state index contributed by atoms with van der Waals surface area (Å²) in [6.45, 7) is 0.436. The van der Waals surface area contributed by atoms with Crippen LogP contribution in [0.5, 0.6) is 11.5 Å². The van der Waals surface area contributed by atoms with Gasteiger partial charge < -0.3 is 9.47 Å². The van der Waals surface area contributed by atoms with E-state index in [0.717, 1.165) is 39.9 Å². The molecule has 0 atom stereocenters. The average Bonchev–Trinajstić information content (AvgIpc) is 3.34. The van der Waals surface area contributed by atoms with Crippen molar-refractivity contribution in [1.29, 1.82) is 0 Å². The maximum atomic E-state index is 6.18. The highest BCUT2D eigenvalue weighted by atomic mass is 35.5. The first-order valence-electron chi connectivity index (χ1n) is 9.87. The van der Waals surface area contributed by atoms with Crippen LogP contribution in [0.4, 0.5) is 5.13 Å². The number of ether oxygens (including phenoxy) is 2. The minimum absolute atomic E-state index is 0.436. The molecule has 0 unspecified atom stereocenters. The van der Waals surface area contributed by atoms with Gasteiger partial charge in [0.25, 0.3) is 0 Å². The van der Waals surface area contributed by atoms with E-state index in [1.807, 2.05) is 60.8 Å². The summed E-state index contributed by atoms with van der Waals surface area (Å²) in [5.41, 5.74) is 5.43. The monoisotopic (exact) mass is 446 g/mol. The Kier molecular flexibility index (Phi) is 5.45. The van der Waals surface area contributed by atoms with Gasteiger partial charge in [-0.1, -0.05) is 41.1 Å². The van der Waals surface area contributed by atoms with Crippen LogP contribution in [-0.4, -0.2) is 18.3 Å². The number of thiazole rings is 1. The van der Waals surface area contributed by atoms with Gasteiger partial charge in [-0.25, -0.2) is 9.98 Å². The molecule has 0 fully saturated rings. The van der Waals surface area contributed by atoms with Gasteiger partial charge in [-0.15, -0.1) is 0 Å². The van der Waals surface area contributed by atoms with Crippen LogP contribution in [0, 0.1) is 0 Å². The van der Waals surface area contributed by atoms with Crippen LogP contribution in [0.15, 0.2) is 71.7 Å². The van der Waals surface area contributed by atoms with Gasteiger partial charge in [0.1, 0.15) is 18.1 Å². The number of fused-ring (bicyclic) bond motifs is 3. The number of hydrogen-bond acceptors (Lipinski definition) is 5. The van der Waals surface area contributed by atoms with E-state index in [2.05, 4.69) is 17.1 Å². The summed E-state index contributed by atoms with van der Waals surface area (Å²) in [6.07, 6.45) is 2.72.